The molecule has 0 fully saturated rings. The number of nitrogens with zero attached hydrogens (tertiary/aromatic N) is 1. The summed E-state index contributed by atoms with van der Waals surface area (Å²) < 4.78 is 28.8. The molecule has 0 spiro atoms. The Hall–Kier alpha value is -2.73. The topological polar surface area (TPSA) is 51.2 Å². The Morgan fingerprint density at radius 3 is 2.75 bits per heavy atom. The summed E-state index contributed by atoms with van der Waals surface area (Å²) in [4.78, 5) is 16.5. The van der Waals surface area contributed by atoms with E-state index in [4.69, 9.17) is 11.6 Å². The number of aromatic nitrogens is 1. The third-order valence-corrected chi connectivity index (χ3v) is 3.44. The third-order valence-electron chi connectivity index (χ3n) is 3.23. The smallest absolute Gasteiger partial charge is 0.387 e. The van der Waals surface area contributed by atoms with Gasteiger partial charge in [0.2, 0.25) is 0 Å². The number of carbonyl (C=O) groups is 1. The summed E-state index contributed by atoms with van der Waals surface area (Å²) in [6.07, 6.45) is 0. The van der Waals surface area contributed by atoms with Crippen molar-refractivity contribution in [3.8, 4) is 5.75 Å². The first kappa shape index (κ1) is 16.1. The van der Waals surface area contributed by atoms with Crippen molar-refractivity contribution in [1.82, 2.24) is 4.98 Å². The van der Waals surface area contributed by atoms with E-state index in [0.717, 1.165) is 5.39 Å². The first-order valence-electron chi connectivity index (χ1n) is 6.94. The molecule has 0 unspecified atom stereocenters. The lowest BCUT2D eigenvalue weighted by atomic mass is 10.1. The van der Waals surface area contributed by atoms with Gasteiger partial charge in [-0.2, -0.15) is 8.78 Å². The number of ether oxygens (including phenoxy) is 1. The second-order valence-electron chi connectivity index (χ2n) is 4.90. The molecule has 1 amide bonds. The van der Waals surface area contributed by atoms with Crippen LogP contribution >= 0.6 is 11.6 Å². The number of alkyl halides is 2. The van der Waals surface area contributed by atoms with Crippen molar-refractivity contribution in [2.24, 2.45) is 0 Å². The van der Waals surface area contributed by atoms with E-state index >= 15 is 0 Å². The van der Waals surface area contributed by atoms with Crippen molar-refractivity contribution in [1.29, 1.82) is 0 Å². The van der Waals surface area contributed by atoms with Crippen molar-refractivity contribution in [2.75, 3.05) is 5.32 Å². The minimum absolute atomic E-state index is 0.0276. The van der Waals surface area contributed by atoms with Gasteiger partial charge in [-0.05, 0) is 42.5 Å². The Kier molecular flexibility index (Phi) is 4.57. The van der Waals surface area contributed by atoms with Gasteiger partial charge in [0.1, 0.15) is 10.9 Å². The molecule has 24 heavy (non-hydrogen) atoms. The van der Waals surface area contributed by atoms with E-state index in [0.29, 0.717) is 21.9 Å². The van der Waals surface area contributed by atoms with Gasteiger partial charge in [0.15, 0.2) is 0 Å². The maximum Gasteiger partial charge on any atom is 0.387 e. The molecular formula is C17H11ClF2N2O2. The Balaban J connectivity index is 1.81. The van der Waals surface area contributed by atoms with Crippen LogP contribution in [-0.2, 0) is 0 Å². The first-order valence-corrected chi connectivity index (χ1v) is 7.31. The molecule has 0 saturated heterocycles. The van der Waals surface area contributed by atoms with Gasteiger partial charge in [0, 0.05) is 22.7 Å². The van der Waals surface area contributed by atoms with Crippen LogP contribution in [0.1, 0.15) is 10.4 Å². The van der Waals surface area contributed by atoms with Crippen molar-refractivity contribution < 1.29 is 18.3 Å². The lowest BCUT2D eigenvalue weighted by Gasteiger charge is -2.09. The van der Waals surface area contributed by atoms with Gasteiger partial charge in [-0.15, -0.1) is 0 Å². The van der Waals surface area contributed by atoms with Crippen LogP contribution in [0.2, 0.25) is 5.15 Å². The maximum absolute atomic E-state index is 12.3. The molecule has 1 heterocycles. The van der Waals surface area contributed by atoms with Crippen LogP contribution in [-0.4, -0.2) is 17.5 Å². The van der Waals surface area contributed by atoms with E-state index in [2.05, 4.69) is 15.0 Å². The molecule has 0 aliphatic heterocycles. The highest BCUT2D eigenvalue weighted by molar-refractivity contribution is 6.29. The molecule has 1 N–H and O–H groups in total. The van der Waals surface area contributed by atoms with Crippen LogP contribution in [0.15, 0.2) is 54.6 Å². The van der Waals surface area contributed by atoms with E-state index in [9.17, 15) is 13.6 Å². The molecule has 3 rings (SSSR count). The van der Waals surface area contributed by atoms with Gasteiger partial charge in [-0.3, -0.25) is 4.79 Å². The quantitative estimate of drug-likeness (QED) is 0.693. The van der Waals surface area contributed by atoms with E-state index in [1.807, 2.05) is 0 Å². The van der Waals surface area contributed by atoms with Gasteiger partial charge < -0.3 is 10.1 Å². The van der Waals surface area contributed by atoms with Crippen LogP contribution in [0, 0.1) is 0 Å². The minimum Gasteiger partial charge on any atom is -0.435 e. The number of carbonyl (C=O) groups excluding carboxylic acids is 1. The maximum atomic E-state index is 12.3. The standard InChI is InChI=1S/C17H11ClF2N2O2/c18-15-7-5-10-8-11(4-6-14(10)22-15)16(23)21-12-2-1-3-13(9-12)24-17(19)20/h1-9,17H,(H,21,23). The summed E-state index contributed by atoms with van der Waals surface area (Å²) in [6, 6.07) is 14.2. The predicted molar refractivity (Wildman–Crippen MR) is 87.8 cm³/mol. The van der Waals surface area contributed by atoms with E-state index < -0.39 is 6.61 Å². The molecule has 0 bridgehead atoms. The number of halogens is 3. The monoisotopic (exact) mass is 348 g/mol. The Morgan fingerprint density at radius 1 is 1.12 bits per heavy atom. The first-order chi connectivity index (χ1) is 11.5. The van der Waals surface area contributed by atoms with Crippen molar-refractivity contribution in [3.05, 3.63) is 65.3 Å². The molecule has 0 saturated carbocycles. The summed E-state index contributed by atoms with van der Waals surface area (Å²) >= 11 is 5.82. The molecule has 4 nitrogen and oxygen atoms in total. The lowest BCUT2D eigenvalue weighted by Crippen LogP contribution is -2.12. The molecule has 1 aromatic heterocycles. The van der Waals surface area contributed by atoms with Gasteiger partial charge in [0.05, 0.1) is 5.52 Å². The van der Waals surface area contributed by atoms with Crippen molar-refractivity contribution in [3.63, 3.8) is 0 Å². The molecular weight excluding hydrogens is 338 g/mol. The summed E-state index contributed by atoms with van der Waals surface area (Å²) in [5, 5.41) is 3.77. The number of amides is 1. The highest BCUT2D eigenvalue weighted by atomic mass is 35.5. The van der Waals surface area contributed by atoms with Crippen LogP contribution in [0.4, 0.5) is 14.5 Å². The van der Waals surface area contributed by atoms with Gasteiger partial charge >= 0.3 is 6.61 Å². The Morgan fingerprint density at radius 2 is 1.96 bits per heavy atom. The molecule has 2 aromatic carbocycles. The second kappa shape index (κ2) is 6.80. The SMILES string of the molecule is O=C(Nc1cccc(OC(F)F)c1)c1ccc2nc(Cl)ccc2c1. The van der Waals surface area contributed by atoms with Gasteiger partial charge in [0.25, 0.3) is 5.91 Å². The molecule has 0 aliphatic rings. The highest BCUT2D eigenvalue weighted by Gasteiger charge is 2.09. The average Bonchev–Trinajstić information content (AvgIpc) is 2.54. The number of fused-ring (bicyclic) bond motifs is 1. The van der Waals surface area contributed by atoms with Crippen LogP contribution in [0.5, 0.6) is 5.75 Å². The van der Waals surface area contributed by atoms with E-state index in [1.165, 1.54) is 18.2 Å². The largest absolute Gasteiger partial charge is 0.435 e. The van der Waals surface area contributed by atoms with Crippen molar-refractivity contribution >= 4 is 34.1 Å². The normalized spacial score (nSPS) is 10.8. The summed E-state index contributed by atoms with van der Waals surface area (Å²) in [5.74, 6) is -0.402. The fraction of sp³-hybridized carbons (Fsp3) is 0.0588. The highest BCUT2D eigenvalue weighted by Crippen LogP contribution is 2.21. The van der Waals surface area contributed by atoms with Crippen LogP contribution in [0.3, 0.4) is 0 Å². The van der Waals surface area contributed by atoms with Crippen molar-refractivity contribution in [2.45, 2.75) is 6.61 Å². The number of nitrogens with one attached hydrogen (secondary N) is 1. The number of rotatable bonds is 4. The van der Waals surface area contributed by atoms with Crippen LogP contribution in [0.25, 0.3) is 10.9 Å². The zero-order valence-corrected chi connectivity index (χ0v) is 12.9. The molecule has 3 aromatic rings. The zero-order chi connectivity index (χ0) is 17.1. The number of anilines is 1. The third kappa shape index (κ3) is 3.78. The summed E-state index contributed by atoms with van der Waals surface area (Å²) in [7, 11) is 0. The fourth-order valence-electron chi connectivity index (χ4n) is 2.20. The molecule has 0 radical (unpaired) electrons. The summed E-state index contributed by atoms with van der Waals surface area (Å²) in [6.45, 7) is -2.92. The molecule has 0 aliphatic carbocycles. The Bertz CT molecular complexity index is 903. The van der Waals surface area contributed by atoms with Gasteiger partial charge in [-0.1, -0.05) is 17.7 Å². The predicted octanol–water partition coefficient (Wildman–Crippen LogP) is 4.74. The fourth-order valence-corrected chi connectivity index (χ4v) is 2.35. The summed E-state index contributed by atoms with van der Waals surface area (Å²) in [5.41, 5.74) is 1.44. The molecule has 0 atom stereocenters. The average molecular weight is 349 g/mol. The lowest BCUT2D eigenvalue weighted by molar-refractivity contribution is -0.0497. The number of pyridine rings is 1. The van der Waals surface area contributed by atoms with Gasteiger partial charge in [-0.25, -0.2) is 4.98 Å². The van der Waals surface area contributed by atoms with E-state index in [1.54, 1.807) is 36.4 Å². The zero-order valence-electron chi connectivity index (χ0n) is 12.2. The molecule has 7 heteroatoms. The minimum atomic E-state index is -2.92. The second-order valence-corrected chi connectivity index (χ2v) is 5.29. The number of hydrogen-bond acceptors (Lipinski definition) is 3. The number of benzene rings is 2. The van der Waals surface area contributed by atoms with Crippen LogP contribution < -0.4 is 10.1 Å². The molecule has 122 valence electrons. The Labute approximate surface area is 141 Å². The van der Waals surface area contributed by atoms with E-state index in [-0.39, 0.29) is 11.7 Å². The number of hydrogen-bond donors (Lipinski definition) is 1.